The quantitative estimate of drug-likeness (QED) is 0.803. The van der Waals surface area contributed by atoms with Crippen LogP contribution in [0, 0.1) is 0 Å². The largest absolute Gasteiger partial charge is 0.413 e. The second-order valence-electron chi connectivity index (χ2n) is 4.81. The Labute approximate surface area is 150 Å². The molecule has 1 unspecified atom stereocenters. The van der Waals surface area contributed by atoms with E-state index < -0.39 is 6.09 Å². The number of benzene rings is 1. The Balaban J connectivity index is 1.45. The van der Waals surface area contributed by atoms with Gasteiger partial charge in [-0.05, 0) is 29.8 Å². The molecule has 1 aliphatic rings. The van der Waals surface area contributed by atoms with Gasteiger partial charge in [0.2, 0.25) is 0 Å². The molecule has 2 aromatic rings. The lowest BCUT2D eigenvalue weighted by molar-refractivity contribution is 0.0846. The number of amides is 1. The zero-order valence-corrected chi connectivity index (χ0v) is 15.0. The fraction of sp³-hybridized carbons (Fsp3) is 0.200. The van der Waals surface area contributed by atoms with Crippen LogP contribution in [0.4, 0.5) is 4.79 Å². The van der Waals surface area contributed by atoms with Gasteiger partial charge in [-0.15, -0.1) is 0 Å². The van der Waals surface area contributed by atoms with E-state index in [0.29, 0.717) is 22.4 Å². The molecule has 0 bridgehead atoms. The molecule has 1 aliphatic heterocycles. The molecule has 1 aromatic carbocycles. The van der Waals surface area contributed by atoms with E-state index in [1.165, 1.54) is 11.3 Å². The van der Waals surface area contributed by atoms with Gasteiger partial charge in [-0.25, -0.2) is 4.79 Å². The van der Waals surface area contributed by atoms with Crippen molar-refractivity contribution in [3.8, 4) is 5.06 Å². The minimum atomic E-state index is -0.538. The molecule has 120 valence electrons. The highest BCUT2D eigenvalue weighted by Crippen LogP contribution is 2.28. The zero-order chi connectivity index (χ0) is 16.2. The molecule has 2 heterocycles. The number of halogens is 2. The van der Waals surface area contributed by atoms with Gasteiger partial charge in [0, 0.05) is 10.9 Å². The number of hydrogen-bond donors (Lipinski definition) is 1. The normalized spacial score (nSPS) is 16.6. The minimum absolute atomic E-state index is 0.201. The number of nitrogens with one attached hydrogen (secondary N) is 1. The number of carbonyl (C=O) groups is 1. The van der Waals surface area contributed by atoms with Gasteiger partial charge in [0.25, 0.3) is 0 Å². The SMILES string of the molecule is O=C(NCC1CC(c2ccc(Br)cc2)=NO1)Oc1ccc(Cl)s1. The van der Waals surface area contributed by atoms with Crippen molar-refractivity contribution in [1.29, 1.82) is 0 Å². The van der Waals surface area contributed by atoms with Gasteiger partial charge in [-0.3, -0.25) is 0 Å². The number of carbonyl (C=O) groups excluding carboxylic acids is 1. The number of thiophene rings is 1. The second-order valence-corrected chi connectivity index (χ2v) is 7.40. The van der Waals surface area contributed by atoms with Crippen molar-refractivity contribution in [1.82, 2.24) is 5.32 Å². The van der Waals surface area contributed by atoms with Gasteiger partial charge in [-0.2, -0.15) is 0 Å². The first-order valence-electron chi connectivity index (χ1n) is 6.80. The van der Waals surface area contributed by atoms with E-state index in [-0.39, 0.29) is 6.10 Å². The molecule has 1 atom stereocenters. The fourth-order valence-electron chi connectivity index (χ4n) is 2.03. The molecule has 23 heavy (non-hydrogen) atoms. The summed E-state index contributed by atoms with van der Waals surface area (Å²) in [5, 5.41) is 7.19. The summed E-state index contributed by atoms with van der Waals surface area (Å²) in [7, 11) is 0. The Bertz CT molecular complexity index is 733. The van der Waals surface area contributed by atoms with Crippen molar-refractivity contribution in [3.63, 3.8) is 0 Å². The van der Waals surface area contributed by atoms with E-state index in [2.05, 4.69) is 26.4 Å². The molecule has 3 rings (SSSR count). The number of nitrogens with zero attached hydrogens (tertiary/aromatic N) is 1. The van der Waals surface area contributed by atoms with Crippen LogP contribution in [0.3, 0.4) is 0 Å². The standard InChI is InChI=1S/C15H12BrClN2O3S/c16-10-3-1-9(2-4-10)12-7-11(22-19-12)8-18-15(20)21-14-6-5-13(17)23-14/h1-6,11H,7-8H2,(H,18,20). The van der Waals surface area contributed by atoms with Crippen molar-refractivity contribution >= 4 is 50.7 Å². The Morgan fingerprint density at radius 2 is 2.17 bits per heavy atom. The van der Waals surface area contributed by atoms with E-state index >= 15 is 0 Å². The summed E-state index contributed by atoms with van der Waals surface area (Å²) in [6.07, 6.45) is -0.107. The van der Waals surface area contributed by atoms with Crippen LogP contribution in [0.15, 0.2) is 46.0 Å². The first-order chi connectivity index (χ1) is 11.1. The molecular weight excluding hydrogens is 404 g/mol. The van der Waals surface area contributed by atoms with E-state index in [0.717, 1.165) is 15.7 Å². The molecule has 0 fully saturated rings. The van der Waals surface area contributed by atoms with Crippen molar-refractivity contribution in [2.75, 3.05) is 6.54 Å². The lowest BCUT2D eigenvalue weighted by Gasteiger charge is -2.09. The summed E-state index contributed by atoms with van der Waals surface area (Å²) >= 11 is 10.4. The Kier molecular flexibility index (Phi) is 5.20. The Hall–Kier alpha value is -1.57. The highest BCUT2D eigenvalue weighted by atomic mass is 79.9. The van der Waals surface area contributed by atoms with Crippen LogP contribution in [0.1, 0.15) is 12.0 Å². The first-order valence-corrected chi connectivity index (χ1v) is 8.78. The molecule has 0 saturated heterocycles. The average Bonchev–Trinajstić information content (AvgIpc) is 3.15. The summed E-state index contributed by atoms with van der Waals surface area (Å²) in [5.74, 6) is 0. The summed E-state index contributed by atoms with van der Waals surface area (Å²) in [4.78, 5) is 17.0. The van der Waals surface area contributed by atoms with E-state index in [4.69, 9.17) is 21.2 Å². The Morgan fingerprint density at radius 1 is 1.39 bits per heavy atom. The van der Waals surface area contributed by atoms with Crippen LogP contribution in [0.5, 0.6) is 5.06 Å². The van der Waals surface area contributed by atoms with Crippen LogP contribution < -0.4 is 10.1 Å². The number of ether oxygens (including phenoxy) is 1. The summed E-state index contributed by atoms with van der Waals surface area (Å²) in [5.41, 5.74) is 1.87. The van der Waals surface area contributed by atoms with Crippen molar-refractivity contribution in [3.05, 3.63) is 50.8 Å². The van der Waals surface area contributed by atoms with Gasteiger partial charge < -0.3 is 14.9 Å². The van der Waals surface area contributed by atoms with Crippen LogP contribution in [0.25, 0.3) is 0 Å². The predicted octanol–water partition coefficient (Wildman–Crippen LogP) is 4.45. The lowest BCUT2D eigenvalue weighted by Crippen LogP contribution is -2.34. The van der Waals surface area contributed by atoms with Crippen molar-refractivity contribution in [2.24, 2.45) is 5.16 Å². The van der Waals surface area contributed by atoms with Crippen LogP contribution in [-0.4, -0.2) is 24.5 Å². The van der Waals surface area contributed by atoms with Gasteiger partial charge in [0.1, 0.15) is 0 Å². The predicted molar refractivity (Wildman–Crippen MR) is 93.5 cm³/mol. The summed E-state index contributed by atoms with van der Waals surface area (Å²) in [6, 6.07) is 11.2. The molecule has 0 spiro atoms. The maximum Gasteiger partial charge on any atom is 0.413 e. The van der Waals surface area contributed by atoms with E-state index in [9.17, 15) is 4.79 Å². The summed E-state index contributed by atoms with van der Waals surface area (Å²) in [6.45, 7) is 0.321. The highest BCUT2D eigenvalue weighted by molar-refractivity contribution is 9.10. The first kappa shape index (κ1) is 16.3. The smallest absolute Gasteiger partial charge is 0.399 e. The lowest BCUT2D eigenvalue weighted by atomic mass is 10.1. The maximum absolute atomic E-state index is 11.7. The third-order valence-electron chi connectivity index (χ3n) is 3.13. The molecule has 1 amide bonds. The van der Waals surface area contributed by atoms with Crippen LogP contribution in [-0.2, 0) is 4.84 Å². The summed E-state index contributed by atoms with van der Waals surface area (Å²) < 4.78 is 6.68. The minimum Gasteiger partial charge on any atom is -0.399 e. The third kappa shape index (κ3) is 4.46. The number of hydrogen-bond acceptors (Lipinski definition) is 5. The molecule has 1 N–H and O–H groups in total. The van der Waals surface area contributed by atoms with E-state index in [1.54, 1.807) is 12.1 Å². The number of rotatable bonds is 4. The third-order valence-corrected chi connectivity index (χ3v) is 4.76. The van der Waals surface area contributed by atoms with Gasteiger partial charge in [-0.1, -0.05) is 56.2 Å². The second kappa shape index (κ2) is 7.33. The maximum atomic E-state index is 11.7. The topological polar surface area (TPSA) is 59.9 Å². The molecule has 0 radical (unpaired) electrons. The van der Waals surface area contributed by atoms with Crippen molar-refractivity contribution < 1.29 is 14.4 Å². The van der Waals surface area contributed by atoms with Gasteiger partial charge in [0.15, 0.2) is 11.2 Å². The molecule has 8 heteroatoms. The van der Waals surface area contributed by atoms with Crippen LogP contribution >= 0.6 is 38.9 Å². The Morgan fingerprint density at radius 3 is 2.87 bits per heavy atom. The molecular formula is C15H12BrClN2O3S. The molecule has 0 aliphatic carbocycles. The highest BCUT2D eigenvalue weighted by Gasteiger charge is 2.23. The number of oxime groups is 1. The van der Waals surface area contributed by atoms with Crippen LogP contribution in [0.2, 0.25) is 4.34 Å². The van der Waals surface area contributed by atoms with Crippen molar-refractivity contribution in [2.45, 2.75) is 12.5 Å². The monoisotopic (exact) mass is 414 g/mol. The average molecular weight is 416 g/mol. The molecule has 5 nitrogen and oxygen atoms in total. The van der Waals surface area contributed by atoms with Gasteiger partial charge in [0.05, 0.1) is 16.6 Å². The zero-order valence-electron chi connectivity index (χ0n) is 11.8. The van der Waals surface area contributed by atoms with Gasteiger partial charge >= 0.3 is 6.09 Å². The fourth-order valence-corrected chi connectivity index (χ4v) is 3.16. The molecule has 0 saturated carbocycles. The molecule has 1 aromatic heterocycles. The van der Waals surface area contributed by atoms with E-state index in [1.807, 2.05) is 24.3 Å².